The van der Waals surface area contributed by atoms with Crippen molar-refractivity contribution < 1.29 is 4.74 Å². The number of hydrogen-bond acceptors (Lipinski definition) is 5. The summed E-state index contributed by atoms with van der Waals surface area (Å²) in [6, 6.07) is 10.4. The zero-order chi connectivity index (χ0) is 16.6. The minimum absolute atomic E-state index is 0.0990. The van der Waals surface area contributed by atoms with Gasteiger partial charge in [-0.25, -0.2) is 4.98 Å². The quantitative estimate of drug-likeness (QED) is 0.735. The zero-order valence-corrected chi connectivity index (χ0v) is 14.4. The van der Waals surface area contributed by atoms with Crippen LogP contribution < -0.4 is 0 Å². The van der Waals surface area contributed by atoms with E-state index in [1.165, 1.54) is 16.9 Å². The Kier molecular flexibility index (Phi) is 3.92. The maximum absolute atomic E-state index is 9.51. The molecule has 0 radical (unpaired) electrons. The van der Waals surface area contributed by atoms with Crippen molar-refractivity contribution in [2.24, 2.45) is 0 Å². The highest BCUT2D eigenvalue weighted by Gasteiger charge is 2.19. The van der Waals surface area contributed by atoms with Crippen LogP contribution in [0.25, 0.3) is 16.2 Å². The Labute approximate surface area is 139 Å². The average Bonchev–Trinajstić information content (AvgIpc) is 3.03. The minimum Gasteiger partial charge on any atom is -0.377 e. The van der Waals surface area contributed by atoms with Gasteiger partial charge in [-0.05, 0) is 11.0 Å². The maximum atomic E-state index is 9.51. The molecule has 0 saturated carbocycles. The number of nitriles is 1. The lowest BCUT2D eigenvalue weighted by Gasteiger charge is -2.18. The number of benzene rings is 1. The Bertz CT molecular complexity index is 878. The summed E-state index contributed by atoms with van der Waals surface area (Å²) in [5.41, 5.74) is 3.42. The number of imidazole rings is 1. The number of methoxy groups -OCH3 is 1. The molecule has 0 atom stereocenters. The van der Waals surface area contributed by atoms with Crippen molar-refractivity contribution in [2.45, 2.75) is 32.8 Å². The van der Waals surface area contributed by atoms with Crippen LogP contribution in [-0.2, 0) is 16.8 Å². The highest BCUT2D eigenvalue weighted by molar-refractivity contribution is 7.16. The lowest BCUT2D eigenvalue weighted by molar-refractivity contribution is 0.183. The molecule has 0 N–H and O–H groups in total. The Morgan fingerprint density at radius 1 is 1.26 bits per heavy atom. The van der Waals surface area contributed by atoms with E-state index in [0.29, 0.717) is 23.0 Å². The molecular weight excluding hydrogens is 308 g/mol. The molecule has 0 saturated heterocycles. The molecule has 0 amide bonds. The van der Waals surface area contributed by atoms with Crippen molar-refractivity contribution in [3.63, 3.8) is 0 Å². The molecule has 5 nitrogen and oxygen atoms in total. The first-order valence-electron chi connectivity index (χ1n) is 7.32. The summed E-state index contributed by atoms with van der Waals surface area (Å²) in [4.78, 5) is 5.30. The van der Waals surface area contributed by atoms with Crippen molar-refractivity contribution >= 4 is 16.3 Å². The molecular formula is C17H18N4OS. The van der Waals surface area contributed by atoms with Gasteiger partial charge in [0.05, 0.1) is 6.61 Å². The van der Waals surface area contributed by atoms with E-state index in [1.54, 1.807) is 11.6 Å². The number of rotatable bonds is 3. The summed E-state index contributed by atoms with van der Waals surface area (Å²) in [5, 5.41) is 14.7. The lowest BCUT2D eigenvalue weighted by Crippen LogP contribution is -2.10. The van der Waals surface area contributed by atoms with Crippen LogP contribution in [0.2, 0.25) is 0 Å². The van der Waals surface area contributed by atoms with Crippen LogP contribution in [0.3, 0.4) is 0 Å². The molecule has 2 heterocycles. The van der Waals surface area contributed by atoms with Gasteiger partial charge in [-0.15, -0.1) is 0 Å². The lowest BCUT2D eigenvalue weighted by atomic mass is 9.86. The first kappa shape index (κ1) is 15.7. The van der Waals surface area contributed by atoms with Crippen molar-refractivity contribution in [3.05, 3.63) is 40.5 Å². The van der Waals surface area contributed by atoms with Crippen molar-refractivity contribution in [1.82, 2.24) is 14.6 Å². The molecule has 0 fully saturated rings. The molecule has 0 aliphatic heterocycles. The summed E-state index contributed by atoms with van der Waals surface area (Å²) in [7, 11) is 1.62. The van der Waals surface area contributed by atoms with Gasteiger partial charge in [0, 0.05) is 12.7 Å². The first-order valence-corrected chi connectivity index (χ1v) is 8.14. The number of nitrogens with zero attached hydrogens (tertiary/aromatic N) is 4. The van der Waals surface area contributed by atoms with Gasteiger partial charge in [0.15, 0.2) is 5.69 Å². The molecule has 0 aliphatic rings. The Morgan fingerprint density at radius 2 is 1.96 bits per heavy atom. The highest BCUT2D eigenvalue weighted by atomic mass is 32.1. The van der Waals surface area contributed by atoms with Crippen LogP contribution in [-0.4, -0.2) is 21.7 Å². The Hall–Kier alpha value is -2.23. The number of fused-ring (bicyclic) bond motifs is 1. The predicted octanol–water partition coefficient (Wildman–Crippen LogP) is 3.77. The van der Waals surface area contributed by atoms with Crippen LogP contribution in [0.15, 0.2) is 24.3 Å². The number of aromatic nitrogens is 3. The largest absolute Gasteiger partial charge is 0.377 e. The maximum Gasteiger partial charge on any atom is 0.214 e. The van der Waals surface area contributed by atoms with Crippen molar-refractivity contribution in [3.8, 4) is 17.3 Å². The second kappa shape index (κ2) is 5.76. The van der Waals surface area contributed by atoms with Gasteiger partial charge in [0.2, 0.25) is 4.96 Å². The molecule has 1 aromatic carbocycles. The molecule has 3 rings (SSSR count). The molecule has 0 bridgehead atoms. The van der Waals surface area contributed by atoms with E-state index in [0.717, 1.165) is 10.6 Å². The third-order valence-corrected chi connectivity index (χ3v) is 4.53. The van der Waals surface area contributed by atoms with Gasteiger partial charge >= 0.3 is 0 Å². The highest BCUT2D eigenvalue weighted by Crippen LogP contribution is 2.29. The summed E-state index contributed by atoms with van der Waals surface area (Å²) in [5.74, 6) is 0. The molecule has 118 valence electrons. The van der Waals surface area contributed by atoms with Gasteiger partial charge in [-0.3, -0.25) is 0 Å². The van der Waals surface area contributed by atoms with E-state index in [9.17, 15) is 5.26 Å². The summed E-state index contributed by atoms with van der Waals surface area (Å²) in [6.45, 7) is 6.96. The van der Waals surface area contributed by atoms with Gasteiger partial charge in [0.1, 0.15) is 16.8 Å². The van der Waals surface area contributed by atoms with Crippen LogP contribution >= 0.6 is 11.3 Å². The average molecular weight is 326 g/mol. The minimum atomic E-state index is 0.0990. The zero-order valence-electron chi connectivity index (χ0n) is 13.6. The van der Waals surface area contributed by atoms with Crippen molar-refractivity contribution in [2.75, 3.05) is 7.11 Å². The molecule has 0 aliphatic carbocycles. The Balaban J connectivity index is 2.06. The smallest absolute Gasteiger partial charge is 0.214 e. The second-order valence-corrected chi connectivity index (χ2v) is 7.41. The van der Waals surface area contributed by atoms with E-state index in [2.05, 4.69) is 49.1 Å². The van der Waals surface area contributed by atoms with Crippen LogP contribution in [0, 0.1) is 11.3 Å². The van der Waals surface area contributed by atoms with Crippen LogP contribution in [0.1, 0.15) is 37.0 Å². The topological polar surface area (TPSA) is 63.2 Å². The molecule has 2 aromatic heterocycles. The van der Waals surface area contributed by atoms with Crippen LogP contribution in [0.5, 0.6) is 0 Å². The molecule has 23 heavy (non-hydrogen) atoms. The fraction of sp³-hybridized carbons (Fsp3) is 0.353. The molecule has 0 unspecified atom stereocenters. The molecule has 3 aromatic rings. The standard InChI is InChI=1S/C17H18N4OS/c1-17(2,3)12-7-5-11(6-8-12)15-13(9-18)21-16(19-15)23-14(20-21)10-22-4/h5-8H,10H2,1-4H3. The fourth-order valence-electron chi connectivity index (χ4n) is 2.40. The van der Waals surface area contributed by atoms with E-state index in [4.69, 9.17) is 4.74 Å². The van der Waals surface area contributed by atoms with Gasteiger partial charge < -0.3 is 4.74 Å². The van der Waals surface area contributed by atoms with Gasteiger partial charge in [-0.2, -0.15) is 14.9 Å². The number of hydrogen-bond donors (Lipinski definition) is 0. The van der Waals surface area contributed by atoms with E-state index in [1.807, 2.05) is 12.1 Å². The first-order chi connectivity index (χ1) is 10.9. The fourth-order valence-corrected chi connectivity index (χ4v) is 3.27. The normalized spacial score (nSPS) is 11.8. The molecule has 0 spiro atoms. The van der Waals surface area contributed by atoms with Gasteiger partial charge in [-0.1, -0.05) is 56.4 Å². The van der Waals surface area contributed by atoms with Crippen LogP contribution in [0.4, 0.5) is 0 Å². The summed E-state index contributed by atoms with van der Waals surface area (Å²) >= 11 is 1.44. The third-order valence-electron chi connectivity index (χ3n) is 3.64. The monoisotopic (exact) mass is 326 g/mol. The molecule has 6 heteroatoms. The Morgan fingerprint density at radius 3 is 2.52 bits per heavy atom. The predicted molar refractivity (Wildman–Crippen MR) is 90.4 cm³/mol. The van der Waals surface area contributed by atoms with E-state index in [-0.39, 0.29) is 5.41 Å². The van der Waals surface area contributed by atoms with Gasteiger partial charge in [0.25, 0.3) is 0 Å². The SMILES string of the molecule is COCc1nn2c(C#N)c(-c3ccc(C(C)(C)C)cc3)nc2s1. The second-order valence-electron chi connectivity index (χ2n) is 6.37. The summed E-state index contributed by atoms with van der Waals surface area (Å²) < 4.78 is 6.69. The third kappa shape index (κ3) is 2.85. The van der Waals surface area contributed by atoms with Crippen molar-refractivity contribution in [1.29, 1.82) is 5.26 Å². The van der Waals surface area contributed by atoms with E-state index >= 15 is 0 Å². The van der Waals surface area contributed by atoms with E-state index < -0.39 is 0 Å². The number of ether oxygens (including phenoxy) is 1. The summed E-state index contributed by atoms with van der Waals surface area (Å²) in [6.07, 6.45) is 0.